The fraction of sp³-hybridized carbons (Fsp3) is 0. The number of nitro benzene ring substituents is 1. The lowest BCUT2D eigenvalue weighted by Gasteiger charge is -1.99. The number of nitrogens with zero attached hydrogens (tertiary/aromatic N) is 3. The van der Waals surface area contributed by atoms with E-state index in [0.29, 0.717) is 17.1 Å². The molecule has 0 bridgehead atoms. The highest BCUT2D eigenvalue weighted by Crippen LogP contribution is 2.26. The maximum atomic E-state index is 10.6. The molecule has 0 aliphatic heterocycles. The molecule has 0 spiro atoms. The highest BCUT2D eigenvalue weighted by molar-refractivity contribution is 5.71. The molecule has 3 aromatic rings. The summed E-state index contributed by atoms with van der Waals surface area (Å²) in [6.45, 7) is 0. The molecule has 0 saturated carbocycles. The van der Waals surface area contributed by atoms with E-state index in [-0.39, 0.29) is 5.69 Å². The van der Waals surface area contributed by atoms with Crippen LogP contribution in [0.1, 0.15) is 0 Å². The van der Waals surface area contributed by atoms with Crippen LogP contribution >= 0.6 is 0 Å². The zero-order valence-corrected chi connectivity index (χ0v) is 10.3. The average Bonchev–Trinajstić information content (AvgIpc) is 3.07. The Morgan fingerprint density at radius 2 is 2.00 bits per heavy atom. The lowest BCUT2D eigenvalue weighted by molar-refractivity contribution is -0.384. The van der Waals surface area contributed by atoms with Gasteiger partial charge in [-0.2, -0.15) is 5.10 Å². The number of rotatable bonds is 3. The van der Waals surface area contributed by atoms with E-state index in [1.807, 2.05) is 0 Å². The minimum absolute atomic E-state index is 0.0314. The van der Waals surface area contributed by atoms with Crippen LogP contribution in [-0.4, -0.2) is 14.7 Å². The van der Waals surface area contributed by atoms with Gasteiger partial charge in [0.25, 0.3) is 5.69 Å². The second-order valence-electron chi connectivity index (χ2n) is 4.16. The average molecular weight is 270 g/mol. The van der Waals surface area contributed by atoms with Crippen molar-refractivity contribution in [3.05, 3.63) is 59.2 Å². The highest BCUT2D eigenvalue weighted by atomic mass is 16.6. The van der Waals surface area contributed by atoms with Crippen LogP contribution in [-0.2, 0) is 0 Å². The summed E-state index contributed by atoms with van der Waals surface area (Å²) in [7, 11) is 0. The number of furan rings is 1. The van der Waals surface area contributed by atoms with Gasteiger partial charge in [0.05, 0.1) is 35.0 Å². The summed E-state index contributed by atoms with van der Waals surface area (Å²) in [5, 5.41) is 15.0. The zero-order chi connectivity index (χ0) is 14.1. The summed E-state index contributed by atoms with van der Waals surface area (Å²) in [5.41, 5.74) is 8.53. The van der Waals surface area contributed by atoms with Crippen molar-refractivity contribution >= 4 is 11.4 Å². The minimum Gasteiger partial charge on any atom is -0.472 e. The molecule has 0 radical (unpaired) electrons. The molecule has 0 atom stereocenters. The van der Waals surface area contributed by atoms with Gasteiger partial charge in [-0.25, -0.2) is 4.68 Å². The molecule has 2 aromatic heterocycles. The number of anilines is 1. The molecule has 0 unspecified atom stereocenters. The maximum Gasteiger partial charge on any atom is 0.269 e. The molecule has 100 valence electrons. The minimum atomic E-state index is -0.446. The van der Waals surface area contributed by atoms with Crippen LogP contribution < -0.4 is 5.73 Å². The first-order chi connectivity index (χ1) is 9.65. The standard InChI is InChI=1S/C13H10N4O3/c14-12-7-16(15-13(12)9-5-6-20-8-9)10-1-3-11(4-2-10)17(18)19/h1-8H,14H2. The van der Waals surface area contributed by atoms with Gasteiger partial charge in [0.1, 0.15) is 5.69 Å². The van der Waals surface area contributed by atoms with Crippen molar-refractivity contribution in [2.45, 2.75) is 0 Å². The van der Waals surface area contributed by atoms with Gasteiger partial charge in [-0.05, 0) is 18.2 Å². The van der Waals surface area contributed by atoms with Gasteiger partial charge in [0, 0.05) is 17.7 Å². The Balaban J connectivity index is 1.99. The number of non-ortho nitro benzene ring substituents is 1. The van der Waals surface area contributed by atoms with Gasteiger partial charge in [0.2, 0.25) is 0 Å². The first-order valence-corrected chi connectivity index (χ1v) is 5.77. The molecule has 2 N–H and O–H groups in total. The quantitative estimate of drug-likeness (QED) is 0.582. The molecule has 0 amide bonds. The van der Waals surface area contributed by atoms with Crippen molar-refractivity contribution in [1.82, 2.24) is 9.78 Å². The molecular weight excluding hydrogens is 260 g/mol. The lowest BCUT2D eigenvalue weighted by Crippen LogP contribution is -1.95. The highest BCUT2D eigenvalue weighted by Gasteiger charge is 2.11. The normalized spacial score (nSPS) is 10.6. The summed E-state index contributed by atoms with van der Waals surface area (Å²) in [6.07, 6.45) is 4.75. The predicted octanol–water partition coefficient (Wildman–Crippen LogP) is 2.62. The Morgan fingerprint density at radius 3 is 2.60 bits per heavy atom. The lowest BCUT2D eigenvalue weighted by atomic mass is 10.2. The van der Waals surface area contributed by atoms with Crippen molar-refractivity contribution in [3.63, 3.8) is 0 Å². The second kappa shape index (κ2) is 4.54. The number of nitrogen functional groups attached to an aromatic ring is 1. The van der Waals surface area contributed by atoms with Crippen molar-refractivity contribution in [3.8, 4) is 16.9 Å². The number of aromatic nitrogens is 2. The smallest absolute Gasteiger partial charge is 0.269 e. The third-order valence-corrected chi connectivity index (χ3v) is 2.86. The van der Waals surface area contributed by atoms with Crippen LogP contribution in [0.2, 0.25) is 0 Å². The van der Waals surface area contributed by atoms with Crippen LogP contribution in [0.4, 0.5) is 11.4 Å². The number of nitrogens with two attached hydrogens (primary N) is 1. The van der Waals surface area contributed by atoms with Gasteiger partial charge in [-0.3, -0.25) is 10.1 Å². The van der Waals surface area contributed by atoms with Crippen molar-refractivity contribution in [2.24, 2.45) is 0 Å². The summed E-state index contributed by atoms with van der Waals surface area (Å²) < 4.78 is 6.57. The number of nitro groups is 1. The Kier molecular flexibility index (Phi) is 2.72. The van der Waals surface area contributed by atoms with E-state index in [1.165, 1.54) is 12.1 Å². The Hall–Kier alpha value is -3.09. The summed E-state index contributed by atoms with van der Waals surface area (Å²) >= 11 is 0. The molecular formula is C13H10N4O3. The van der Waals surface area contributed by atoms with E-state index in [9.17, 15) is 10.1 Å². The molecule has 0 fully saturated rings. The number of benzene rings is 1. The molecule has 1 aromatic carbocycles. The molecule has 0 saturated heterocycles. The number of hydrogen-bond donors (Lipinski definition) is 1. The Bertz CT molecular complexity index is 745. The van der Waals surface area contributed by atoms with Crippen molar-refractivity contribution in [2.75, 3.05) is 5.73 Å². The SMILES string of the molecule is Nc1cn(-c2ccc([N+](=O)[O-])cc2)nc1-c1ccoc1. The van der Waals surface area contributed by atoms with E-state index >= 15 is 0 Å². The van der Waals surface area contributed by atoms with E-state index in [0.717, 1.165) is 5.56 Å². The van der Waals surface area contributed by atoms with Gasteiger partial charge in [-0.1, -0.05) is 0 Å². The largest absolute Gasteiger partial charge is 0.472 e. The van der Waals surface area contributed by atoms with E-state index in [2.05, 4.69) is 5.10 Å². The van der Waals surface area contributed by atoms with Gasteiger partial charge in [0.15, 0.2) is 0 Å². The molecule has 0 aliphatic rings. The first-order valence-electron chi connectivity index (χ1n) is 5.77. The summed E-state index contributed by atoms with van der Waals surface area (Å²) in [5.74, 6) is 0. The third kappa shape index (κ3) is 2.01. The monoisotopic (exact) mass is 270 g/mol. The summed E-state index contributed by atoms with van der Waals surface area (Å²) in [4.78, 5) is 10.2. The topological polar surface area (TPSA) is 100 Å². The van der Waals surface area contributed by atoms with E-state index in [1.54, 1.807) is 41.6 Å². The Morgan fingerprint density at radius 1 is 1.25 bits per heavy atom. The van der Waals surface area contributed by atoms with Crippen LogP contribution in [0.15, 0.2) is 53.5 Å². The van der Waals surface area contributed by atoms with Crippen molar-refractivity contribution < 1.29 is 9.34 Å². The molecule has 2 heterocycles. The third-order valence-electron chi connectivity index (χ3n) is 2.86. The van der Waals surface area contributed by atoms with Crippen molar-refractivity contribution in [1.29, 1.82) is 0 Å². The zero-order valence-electron chi connectivity index (χ0n) is 10.3. The molecule has 7 nitrogen and oxygen atoms in total. The summed E-state index contributed by atoms with van der Waals surface area (Å²) in [6, 6.07) is 7.84. The first kappa shape index (κ1) is 12.0. The van der Waals surface area contributed by atoms with Gasteiger partial charge < -0.3 is 10.2 Å². The predicted molar refractivity (Wildman–Crippen MR) is 72.3 cm³/mol. The molecule has 20 heavy (non-hydrogen) atoms. The van der Waals surface area contributed by atoms with Crippen LogP contribution in [0.25, 0.3) is 16.9 Å². The number of hydrogen-bond acceptors (Lipinski definition) is 5. The molecule has 0 aliphatic carbocycles. The maximum absolute atomic E-state index is 10.6. The van der Waals surface area contributed by atoms with Crippen LogP contribution in [0, 0.1) is 10.1 Å². The van der Waals surface area contributed by atoms with E-state index < -0.39 is 4.92 Å². The van der Waals surface area contributed by atoms with Gasteiger partial charge >= 0.3 is 0 Å². The molecule has 3 rings (SSSR count). The van der Waals surface area contributed by atoms with Gasteiger partial charge in [-0.15, -0.1) is 0 Å². The second-order valence-corrected chi connectivity index (χ2v) is 4.16. The van der Waals surface area contributed by atoms with E-state index in [4.69, 9.17) is 10.2 Å². The fourth-order valence-electron chi connectivity index (χ4n) is 1.87. The Labute approximate surface area is 113 Å². The van der Waals surface area contributed by atoms with Crippen LogP contribution in [0.5, 0.6) is 0 Å². The fourth-order valence-corrected chi connectivity index (χ4v) is 1.87. The van der Waals surface area contributed by atoms with Crippen LogP contribution in [0.3, 0.4) is 0 Å². The molecule has 7 heteroatoms.